The van der Waals surface area contributed by atoms with Crippen molar-refractivity contribution in [1.29, 1.82) is 5.26 Å². The fraction of sp³-hybridized carbons (Fsp3) is 0.467. The number of carbonyl (C=O) groups is 1. The molecule has 1 aliphatic rings. The van der Waals surface area contributed by atoms with Gasteiger partial charge in [0.1, 0.15) is 17.5 Å². The highest BCUT2D eigenvalue weighted by Gasteiger charge is 2.33. The van der Waals surface area contributed by atoms with Crippen LogP contribution >= 0.6 is 0 Å². The zero-order chi connectivity index (χ0) is 14.5. The van der Waals surface area contributed by atoms with E-state index in [0.717, 1.165) is 6.42 Å². The molecule has 0 spiro atoms. The molecule has 106 valence electrons. The number of anilines is 1. The number of nitrogens with zero attached hydrogens (tertiary/aromatic N) is 1. The lowest BCUT2D eigenvalue weighted by atomic mass is 9.98. The van der Waals surface area contributed by atoms with Crippen LogP contribution in [0, 0.1) is 17.2 Å². The Morgan fingerprint density at radius 2 is 2.40 bits per heavy atom. The van der Waals surface area contributed by atoms with Gasteiger partial charge in [-0.25, -0.2) is 0 Å². The van der Waals surface area contributed by atoms with Crippen LogP contribution in [0.25, 0.3) is 0 Å². The van der Waals surface area contributed by atoms with Gasteiger partial charge in [-0.05, 0) is 25.0 Å². The molecule has 1 N–H and O–H groups in total. The van der Waals surface area contributed by atoms with Crippen molar-refractivity contribution in [2.45, 2.75) is 25.9 Å². The standard InChI is InChI=1S/C15H18N2O3/c1-3-12-11(7-8-20-12)15(18)17-14-10(9-16)5-4-6-13(14)19-2/h4-6,11-12H,3,7-8H2,1-2H3,(H,17,18). The molecule has 1 aliphatic heterocycles. The maximum atomic E-state index is 12.4. The molecule has 1 aromatic rings. The molecule has 1 fully saturated rings. The first-order chi connectivity index (χ1) is 9.71. The van der Waals surface area contributed by atoms with Crippen LogP contribution in [0.15, 0.2) is 18.2 Å². The van der Waals surface area contributed by atoms with Crippen LogP contribution in [-0.2, 0) is 9.53 Å². The topological polar surface area (TPSA) is 71.3 Å². The monoisotopic (exact) mass is 274 g/mol. The first-order valence-corrected chi connectivity index (χ1v) is 6.70. The molecule has 2 rings (SSSR count). The van der Waals surface area contributed by atoms with E-state index >= 15 is 0 Å². The highest BCUT2D eigenvalue weighted by molar-refractivity contribution is 5.96. The van der Waals surface area contributed by atoms with Crippen molar-refractivity contribution in [3.63, 3.8) is 0 Å². The zero-order valence-corrected chi connectivity index (χ0v) is 11.7. The minimum absolute atomic E-state index is 0.0461. The van der Waals surface area contributed by atoms with Gasteiger partial charge in [0.25, 0.3) is 0 Å². The van der Waals surface area contributed by atoms with Crippen molar-refractivity contribution in [3.8, 4) is 11.8 Å². The van der Waals surface area contributed by atoms with Gasteiger partial charge in [-0.2, -0.15) is 5.26 Å². The van der Waals surface area contributed by atoms with Crippen LogP contribution in [0.4, 0.5) is 5.69 Å². The van der Waals surface area contributed by atoms with Crippen LogP contribution in [0.5, 0.6) is 5.75 Å². The number of amides is 1. The van der Waals surface area contributed by atoms with E-state index in [9.17, 15) is 4.79 Å². The average molecular weight is 274 g/mol. The maximum Gasteiger partial charge on any atom is 0.230 e. The Kier molecular flexibility index (Phi) is 4.59. The number of methoxy groups -OCH3 is 1. The molecule has 0 aliphatic carbocycles. The number of para-hydroxylation sites is 1. The molecular weight excluding hydrogens is 256 g/mol. The number of hydrogen-bond donors (Lipinski definition) is 1. The predicted octanol–water partition coefficient (Wildman–Crippen LogP) is 2.32. The Hall–Kier alpha value is -2.06. The van der Waals surface area contributed by atoms with Crippen molar-refractivity contribution in [3.05, 3.63) is 23.8 Å². The SMILES string of the molecule is CCC1OCCC1C(=O)Nc1c(C#N)cccc1OC. The molecule has 2 atom stereocenters. The molecule has 5 heteroatoms. The van der Waals surface area contributed by atoms with E-state index < -0.39 is 0 Å². The second-order valence-electron chi connectivity index (χ2n) is 4.70. The van der Waals surface area contributed by atoms with E-state index in [2.05, 4.69) is 11.4 Å². The average Bonchev–Trinajstić information content (AvgIpc) is 2.95. The summed E-state index contributed by atoms with van der Waals surface area (Å²) in [4.78, 5) is 12.4. The summed E-state index contributed by atoms with van der Waals surface area (Å²) in [5, 5.41) is 12.0. The predicted molar refractivity (Wildman–Crippen MR) is 74.5 cm³/mol. The highest BCUT2D eigenvalue weighted by Crippen LogP contribution is 2.30. The smallest absolute Gasteiger partial charge is 0.230 e. The lowest BCUT2D eigenvalue weighted by Gasteiger charge is -2.18. The number of rotatable bonds is 4. The van der Waals surface area contributed by atoms with Gasteiger partial charge in [-0.1, -0.05) is 13.0 Å². The van der Waals surface area contributed by atoms with Gasteiger partial charge < -0.3 is 14.8 Å². The number of carbonyl (C=O) groups excluding carboxylic acids is 1. The first-order valence-electron chi connectivity index (χ1n) is 6.70. The number of hydrogen-bond acceptors (Lipinski definition) is 4. The summed E-state index contributed by atoms with van der Waals surface area (Å²) < 4.78 is 10.7. The number of nitriles is 1. The molecular formula is C15H18N2O3. The third-order valence-electron chi connectivity index (χ3n) is 3.56. The van der Waals surface area contributed by atoms with Crippen LogP contribution in [0.1, 0.15) is 25.3 Å². The summed E-state index contributed by atoms with van der Waals surface area (Å²) in [6.45, 7) is 2.60. The molecule has 0 radical (unpaired) electrons. The number of nitrogens with one attached hydrogen (secondary N) is 1. The quantitative estimate of drug-likeness (QED) is 0.914. The largest absolute Gasteiger partial charge is 0.495 e. The normalized spacial score (nSPS) is 21.2. The first kappa shape index (κ1) is 14.4. The zero-order valence-electron chi connectivity index (χ0n) is 11.7. The van der Waals surface area contributed by atoms with E-state index in [1.807, 2.05) is 6.92 Å². The van der Waals surface area contributed by atoms with Gasteiger partial charge in [0.15, 0.2) is 0 Å². The Morgan fingerprint density at radius 3 is 3.05 bits per heavy atom. The Bertz CT molecular complexity index is 536. The fourth-order valence-electron chi connectivity index (χ4n) is 2.49. The van der Waals surface area contributed by atoms with Crippen molar-refractivity contribution >= 4 is 11.6 Å². The van der Waals surface area contributed by atoms with Crippen molar-refractivity contribution in [1.82, 2.24) is 0 Å². The van der Waals surface area contributed by atoms with E-state index in [1.54, 1.807) is 18.2 Å². The van der Waals surface area contributed by atoms with Crippen LogP contribution in [-0.4, -0.2) is 25.7 Å². The van der Waals surface area contributed by atoms with Crippen molar-refractivity contribution in [2.75, 3.05) is 19.0 Å². The molecule has 1 amide bonds. The lowest BCUT2D eigenvalue weighted by Crippen LogP contribution is -2.29. The highest BCUT2D eigenvalue weighted by atomic mass is 16.5. The molecule has 1 saturated heterocycles. The van der Waals surface area contributed by atoms with Gasteiger partial charge in [0.05, 0.1) is 24.7 Å². The van der Waals surface area contributed by atoms with Gasteiger partial charge in [-0.3, -0.25) is 4.79 Å². The van der Waals surface area contributed by atoms with Crippen molar-refractivity contribution < 1.29 is 14.3 Å². The third-order valence-corrected chi connectivity index (χ3v) is 3.56. The summed E-state index contributed by atoms with van der Waals surface area (Å²) >= 11 is 0. The minimum Gasteiger partial charge on any atom is -0.495 e. The van der Waals surface area contributed by atoms with Crippen LogP contribution in [0.2, 0.25) is 0 Å². The Morgan fingerprint density at radius 1 is 1.60 bits per heavy atom. The van der Waals surface area contributed by atoms with Crippen LogP contribution in [0.3, 0.4) is 0 Å². The number of ether oxygens (including phenoxy) is 2. The van der Waals surface area contributed by atoms with E-state index in [0.29, 0.717) is 30.0 Å². The van der Waals surface area contributed by atoms with Gasteiger partial charge in [0.2, 0.25) is 5.91 Å². The lowest BCUT2D eigenvalue weighted by molar-refractivity contribution is -0.121. The number of benzene rings is 1. The second kappa shape index (κ2) is 6.40. The summed E-state index contributed by atoms with van der Waals surface area (Å²) in [7, 11) is 1.51. The van der Waals surface area contributed by atoms with E-state index in [1.165, 1.54) is 7.11 Å². The molecule has 0 saturated carbocycles. The molecule has 0 aromatic heterocycles. The van der Waals surface area contributed by atoms with E-state index in [-0.39, 0.29) is 17.9 Å². The van der Waals surface area contributed by atoms with Gasteiger partial charge >= 0.3 is 0 Å². The molecule has 1 aromatic carbocycles. The van der Waals surface area contributed by atoms with Crippen LogP contribution < -0.4 is 10.1 Å². The second-order valence-corrected chi connectivity index (χ2v) is 4.70. The van der Waals surface area contributed by atoms with Gasteiger partial charge in [-0.15, -0.1) is 0 Å². The molecule has 20 heavy (non-hydrogen) atoms. The fourth-order valence-corrected chi connectivity index (χ4v) is 2.49. The summed E-state index contributed by atoms with van der Waals surface area (Å²) in [6.07, 6.45) is 1.46. The Balaban J connectivity index is 2.21. The molecule has 2 unspecified atom stereocenters. The minimum atomic E-state index is -0.170. The van der Waals surface area contributed by atoms with Gasteiger partial charge in [0, 0.05) is 6.61 Å². The summed E-state index contributed by atoms with van der Waals surface area (Å²) in [5.41, 5.74) is 0.828. The Labute approximate surface area is 118 Å². The summed E-state index contributed by atoms with van der Waals surface area (Å²) in [6, 6.07) is 7.16. The van der Waals surface area contributed by atoms with E-state index in [4.69, 9.17) is 14.7 Å². The maximum absolute atomic E-state index is 12.4. The summed E-state index contributed by atoms with van der Waals surface area (Å²) in [5.74, 6) is 0.205. The molecule has 1 heterocycles. The third kappa shape index (κ3) is 2.75. The molecule has 0 bridgehead atoms. The molecule has 5 nitrogen and oxygen atoms in total. The van der Waals surface area contributed by atoms with Crippen molar-refractivity contribution in [2.24, 2.45) is 5.92 Å².